The third-order valence-electron chi connectivity index (χ3n) is 1.84. The van der Waals surface area contributed by atoms with Gasteiger partial charge in [0.1, 0.15) is 5.76 Å². The highest BCUT2D eigenvalue weighted by Crippen LogP contribution is 2.27. The number of hydrogen-bond acceptors (Lipinski definition) is 5. The zero-order valence-corrected chi connectivity index (χ0v) is 11.3. The highest BCUT2D eigenvalue weighted by molar-refractivity contribution is 7.87. The third-order valence-corrected chi connectivity index (χ3v) is 2.84. The van der Waals surface area contributed by atoms with Gasteiger partial charge in [0, 0.05) is 6.42 Å². The molecule has 0 aliphatic rings. The van der Waals surface area contributed by atoms with Crippen LogP contribution in [0.1, 0.15) is 33.1 Å². The molecule has 0 amide bonds. The molecule has 0 aromatic heterocycles. The van der Waals surface area contributed by atoms with Gasteiger partial charge in [0.2, 0.25) is 0 Å². The van der Waals surface area contributed by atoms with Crippen LogP contribution in [0.3, 0.4) is 0 Å². The Kier molecular flexibility index (Phi) is 6.88. The maximum absolute atomic E-state index is 12.1. The predicted octanol–water partition coefficient (Wildman–Crippen LogP) is 2.49. The van der Waals surface area contributed by atoms with Crippen LogP contribution in [0.4, 0.5) is 13.2 Å². The first-order valence-electron chi connectivity index (χ1n) is 5.52. The van der Waals surface area contributed by atoms with Crippen molar-refractivity contribution in [3.8, 4) is 0 Å². The Bertz CT molecular complexity index is 425. The van der Waals surface area contributed by atoms with E-state index >= 15 is 0 Å². The molecule has 0 aromatic carbocycles. The summed E-state index contributed by atoms with van der Waals surface area (Å²) in [5, 5.41) is 0. The summed E-state index contributed by atoms with van der Waals surface area (Å²) in [4.78, 5) is 11.1. The van der Waals surface area contributed by atoms with Crippen LogP contribution in [-0.4, -0.2) is 26.5 Å². The van der Waals surface area contributed by atoms with Crippen molar-refractivity contribution in [2.45, 2.75) is 38.6 Å². The van der Waals surface area contributed by atoms with Gasteiger partial charge in [0.05, 0.1) is 12.7 Å². The SMILES string of the molecule is CCCC/C(=C\C(=O)OCC)OS(=O)(=O)C(F)(F)F. The summed E-state index contributed by atoms with van der Waals surface area (Å²) >= 11 is 0. The van der Waals surface area contributed by atoms with E-state index in [1.807, 2.05) is 0 Å². The molecule has 5 nitrogen and oxygen atoms in total. The average Bonchev–Trinajstić information content (AvgIpc) is 2.24. The largest absolute Gasteiger partial charge is 0.534 e. The zero-order valence-electron chi connectivity index (χ0n) is 10.5. The number of allylic oxidation sites excluding steroid dienone is 1. The summed E-state index contributed by atoms with van der Waals surface area (Å²) in [6, 6.07) is 0. The van der Waals surface area contributed by atoms with Crippen LogP contribution in [0.15, 0.2) is 11.8 Å². The Hall–Kier alpha value is -1.25. The van der Waals surface area contributed by atoms with E-state index in [-0.39, 0.29) is 13.0 Å². The number of alkyl halides is 3. The van der Waals surface area contributed by atoms with Gasteiger partial charge in [-0.2, -0.15) is 21.6 Å². The second-order valence-corrected chi connectivity index (χ2v) is 4.99. The summed E-state index contributed by atoms with van der Waals surface area (Å²) in [6.45, 7) is 3.27. The zero-order chi connectivity index (χ0) is 15.1. The first-order valence-corrected chi connectivity index (χ1v) is 6.93. The van der Waals surface area contributed by atoms with Crippen LogP contribution < -0.4 is 0 Å². The Morgan fingerprint density at radius 2 is 1.84 bits per heavy atom. The molecule has 0 heterocycles. The van der Waals surface area contributed by atoms with Gasteiger partial charge in [0.15, 0.2) is 0 Å². The monoisotopic (exact) mass is 304 g/mol. The van der Waals surface area contributed by atoms with E-state index in [1.54, 1.807) is 6.92 Å². The Morgan fingerprint density at radius 1 is 1.26 bits per heavy atom. The normalized spacial score (nSPS) is 13.2. The van der Waals surface area contributed by atoms with Crippen molar-refractivity contribution in [3.63, 3.8) is 0 Å². The summed E-state index contributed by atoms with van der Waals surface area (Å²) in [5.41, 5.74) is -5.53. The van der Waals surface area contributed by atoms with Crippen molar-refractivity contribution in [1.82, 2.24) is 0 Å². The van der Waals surface area contributed by atoms with Gasteiger partial charge in [-0.25, -0.2) is 4.79 Å². The number of ether oxygens (including phenoxy) is 1. The van der Waals surface area contributed by atoms with Gasteiger partial charge >= 0.3 is 21.6 Å². The van der Waals surface area contributed by atoms with Gasteiger partial charge < -0.3 is 8.92 Å². The Balaban J connectivity index is 5.03. The first-order chi connectivity index (χ1) is 8.64. The molecule has 0 rings (SSSR count). The van der Waals surface area contributed by atoms with Crippen LogP contribution in [0, 0.1) is 0 Å². The van der Waals surface area contributed by atoms with E-state index in [4.69, 9.17) is 0 Å². The van der Waals surface area contributed by atoms with Crippen LogP contribution in [0.5, 0.6) is 0 Å². The van der Waals surface area contributed by atoms with E-state index in [0.29, 0.717) is 18.9 Å². The quantitative estimate of drug-likeness (QED) is 0.238. The van der Waals surface area contributed by atoms with E-state index < -0.39 is 27.4 Å². The summed E-state index contributed by atoms with van der Waals surface area (Å²) < 4.78 is 66.5. The second-order valence-electron chi connectivity index (χ2n) is 3.45. The molecular formula is C10H15F3O5S. The highest BCUT2D eigenvalue weighted by atomic mass is 32.2. The summed E-state index contributed by atoms with van der Waals surface area (Å²) in [6.07, 6.45) is 1.47. The molecule has 0 spiro atoms. The van der Waals surface area contributed by atoms with Gasteiger partial charge in [-0.15, -0.1) is 0 Å². The van der Waals surface area contributed by atoms with Crippen molar-refractivity contribution in [1.29, 1.82) is 0 Å². The van der Waals surface area contributed by atoms with Crippen molar-refractivity contribution in [3.05, 3.63) is 11.8 Å². The molecule has 0 aliphatic carbocycles. The molecule has 0 bridgehead atoms. The van der Waals surface area contributed by atoms with Crippen LogP contribution in [0.25, 0.3) is 0 Å². The maximum atomic E-state index is 12.1. The van der Waals surface area contributed by atoms with Crippen LogP contribution in [0.2, 0.25) is 0 Å². The number of unbranched alkanes of at least 4 members (excludes halogenated alkanes) is 1. The van der Waals surface area contributed by atoms with Crippen molar-refractivity contribution in [2.24, 2.45) is 0 Å². The van der Waals surface area contributed by atoms with Crippen molar-refractivity contribution in [2.75, 3.05) is 6.61 Å². The van der Waals surface area contributed by atoms with E-state index in [0.717, 1.165) is 0 Å². The minimum absolute atomic E-state index is 0.0163. The van der Waals surface area contributed by atoms with Gasteiger partial charge in [-0.1, -0.05) is 13.3 Å². The lowest BCUT2D eigenvalue weighted by molar-refractivity contribution is -0.137. The molecule has 19 heavy (non-hydrogen) atoms. The topological polar surface area (TPSA) is 69.7 Å². The lowest BCUT2D eigenvalue weighted by Crippen LogP contribution is -2.25. The Labute approximate surface area is 109 Å². The number of rotatable bonds is 7. The van der Waals surface area contributed by atoms with Gasteiger partial charge in [-0.05, 0) is 13.3 Å². The minimum Gasteiger partial charge on any atom is -0.463 e. The summed E-state index contributed by atoms with van der Waals surface area (Å²) in [5.74, 6) is -1.54. The van der Waals surface area contributed by atoms with E-state index in [1.165, 1.54) is 6.92 Å². The van der Waals surface area contributed by atoms with Crippen LogP contribution >= 0.6 is 0 Å². The molecular weight excluding hydrogens is 289 g/mol. The molecule has 0 unspecified atom stereocenters. The van der Waals surface area contributed by atoms with Gasteiger partial charge in [0.25, 0.3) is 0 Å². The smallest absolute Gasteiger partial charge is 0.463 e. The fourth-order valence-corrected chi connectivity index (χ4v) is 1.50. The molecule has 0 aliphatic heterocycles. The number of carbonyl (C=O) groups is 1. The number of halogens is 3. The molecule has 0 saturated heterocycles. The van der Waals surface area contributed by atoms with E-state index in [2.05, 4.69) is 8.92 Å². The fraction of sp³-hybridized carbons (Fsp3) is 0.700. The molecule has 0 saturated carbocycles. The molecule has 0 N–H and O–H groups in total. The average molecular weight is 304 g/mol. The lowest BCUT2D eigenvalue weighted by Gasteiger charge is -2.12. The number of hydrogen-bond donors (Lipinski definition) is 0. The third kappa shape index (κ3) is 6.46. The first kappa shape index (κ1) is 17.8. The number of carbonyl (C=O) groups excluding carboxylic acids is 1. The fourth-order valence-electron chi connectivity index (χ4n) is 0.992. The molecule has 0 radical (unpaired) electrons. The standard InChI is InChI=1S/C10H15F3O5S/c1-3-5-6-8(7-9(14)17-4-2)18-19(15,16)10(11,12)13/h7H,3-6H2,1-2H3/b8-7+. The second kappa shape index (κ2) is 7.37. The predicted molar refractivity (Wildman–Crippen MR) is 60.3 cm³/mol. The van der Waals surface area contributed by atoms with E-state index in [9.17, 15) is 26.4 Å². The van der Waals surface area contributed by atoms with Crippen molar-refractivity contribution < 1.29 is 35.3 Å². The lowest BCUT2D eigenvalue weighted by atomic mass is 10.2. The molecule has 112 valence electrons. The highest BCUT2D eigenvalue weighted by Gasteiger charge is 2.48. The minimum atomic E-state index is -5.76. The van der Waals surface area contributed by atoms with Crippen molar-refractivity contribution >= 4 is 16.1 Å². The van der Waals surface area contributed by atoms with Gasteiger partial charge in [-0.3, -0.25) is 0 Å². The molecule has 9 heteroatoms. The molecule has 0 fully saturated rings. The molecule has 0 atom stereocenters. The number of esters is 1. The van der Waals surface area contributed by atoms with Crippen LogP contribution in [-0.2, 0) is 23.8 Å². The maximum Gasteiger partial charge on any atom is 0.534 e. The molecule has 0 aromatic rings. The summed E-state index contributed by atoms with van der Waals surface area (Å²) in [7, 11) is -5.76. The Morgan fingerprint density at radius 3 is 2.26 bits per heavy atom.